The van der Waals surface area contributed by atoms with Crippen molar-refractivity contribution in [3.05, 3.63) is 33.8 Å². The molecule has 6 nitrogen and oxygen atoms in total. The summed E-state index contributed by atoms with van der Waals surface area (Å²) in [6.07, 6.45) is 0. The van der Waals surface area contributed by atoms with Crippen LogP contribution in [0.4, 0.5) is 11.4 Å². The number of hydrogen-bond acceptors (Lipinski definition) is 6. The third-order valence-electron chi connectivity index (χ3n) is 2.82. The van der Waals surface area contributed by atoms with Crippen molar-refractivity contribution in [1.82, 2.24) is 4.98 Å². The van der Waals surface area contributed by atoms with E-state index in [9.17, 15) is 8.42 Å². The Morgan fingerprint density at radius 3 is 2.60 bits per heavy atom. The minimum Gasteiger partial charge on any atom is -0.399 e. The molecule has 2 aromatic rings. The zero-order valence-electron chi connectivity index (χ0n) is 11.2. The molecule has 0 bridgehead atoms. The van der Waals surface area contributed by atoms with E-state index in [1.54, 1.807) is 24.3 Å². The van der Waals surface area contributed by atoms with Crippen LogP contribution in [0.1, 0.15) is 16.3 Å². The van der Waals surface area contributed by atoms with Crippen molar-refractivity contribution in [1.29, 1.82) is 0 Å². The summed E-state index contributed by atoms with van der Waals surface area (Å²) in [5, 5.41) is 11.3. The van der Waals surface area contributed by atoms with E-state index in [4.69, 9.17) is 10.9 Å². The number of benzene rings is 1. The fraction of sp³-hybridized carbons (Fsp3) is 0.250. The fourth-order valence-electron chi connectivity index (χ4n) is 1.86. The third kappa shape index (κ3) is 3.27. The summed E-state index contributed by atoms with van der Waals surface area (Å²) < 4.78 is 23.0. The van der Waals surface area contributed by atoms with Crippen LogP contribution in [0.2, 0.25) is 0 Å². The molecule has 0 aliphatic carbocycles. The van der Waals surface area contributed by atoms with Gasteiger partial charge in [0, 0.05) is 16.8 Å². The Morgan fingerprint density at radius 1 is 1.35 bits per heavy atom. The zero-order chi connectivity index (χ0) is 14.9. The number of aromatic nitrogens is 1. The number of thiazole rings is 1. The molecule has 20 heavy (non-hydrogen) atoms. The van der Waals surface area contributed by atoms with Gasteiger partial charge in [-0.1, -0.05) is 0 Å². The molecule has 1 aromatic carbocycles. The van der Waals surface area contributed by atoms with Crippen LogP contribution in [-0.2, 0) is 16.6 Å². The molecular weight excluding hydrogens is 296 g/mol. The number of anilines is 2. The Labute approximate surface area is 121 Å². The van der Waals surface area contributed by atoms with Gasteiger partial charge < -0.3 is 11.1 Å². The van der Waals surface area contributed by atoms with Crippen LogP contribution in [0, 0.1) is 13.8 Å². The van der Waals surface area contributed by atoms with Crippen LogP contribution in [0.15, 0.2) is 22.4 Å². The van der Waals surface area contributed by atoms with Gasteiger partial charge in [-0.2, -0.15) is 0 Å². The van der Waals surface area contributed by atoms with Gasteiger partial charge in [0.25, 0.3) is 0 Å². The van der Waals surface area contributed by atoms with Gasteiger partial charge in [0.15, 0.2) is 0 Å². The van der Waals surface area contributed by atoms with Gasteiger partial charge in [0.2, 0.25) is 10.0 Å². The standard InChI is InChI=1S/C12H16N4O2S2/c1-7-11(15-5-10-6-19-8(2)16-10)3-9(13)4-12(7)20(14,17)18/h3-4,6,15H,5,13H2,1-2H3,(H2,14,17,18). The van der Waals surface area contributed by atoms with Crippen molar-refractivity contribution in [3.8, 4) is 0 Å². The second kappa shape index (κ2) is 5.39. The molecule has 0 saturated carbocycles. The lowest BCUT2D eigenvalue weighted by Gasteiger charge is -2.13. The second-order valence-corrected chi connectivity index (χ2v) is 7.04. The number of aryl methyl sites for hydroxylation is 1. The van der Waals surface area contributed by atoms with Crippen molar-refractivity contribution in [2.24, 2.45) is 5.14 Å². The number of hydrogen-bond donors (Lipinski definition) is 3. The number of nitrogens with two attached hydrogens (primary N) is 2. The predicted octanol–water partition coefficient (Wildman–Crippen LogP) is 1.60. The lowest BCUT2D eigenvalue weighted by Crippen LogP contribution is -2.15. The maximum atomic E-state index is 11.5. The van der Waals surface area contributed by atoms with Gasteiger partial charge in [-0.05, 0) is 31.5 Å². The molecule has 5 N–H and O–H groups in total. The molecule has 0 saturated heterocycles. The van der Waals surface area contributed by atoms with Crippen LogP contribution >= 0.6 is 11.3 Å². The maximum Gasteiger partial charge on any atom is 0.238 e. The maximum absolute atomic E-state index is 11.5. The van der Waals surface area contributed by atoms with Crippen molar-refractivity contribution in [2.75, 3.05) is 11.1 Å². The second-order valence-electron chi connectivity index (χ2n) is 4.45. The normalized spacial score (nSPS) is 11.6. The van der Waals surface area contributed by atoms with E-state index in [0.29, 0.717) is 23.5 Å². The van der Waals surface area contributed by atoms with E-state index >= 15 is 0 Å². The highest BCUT2D eigenvalue weighted by atomic mass is 32.2. The first kappa shape index (κ1) is 14.8. The summed E-state index contributed by atoms with van der Waals surface area (Å²) in [5.74, 6) is 0. The van der Waals surface area contributed by atoms with E-state index in [-0.39, 0.29) is 4.90 Å². The third-order valence-corrected chi connectivity index (χ3v) is 4.67. The average molecular weight is 312 g/mol. The van der Waals surface area contributed by atoms with Crippen molar-refractivity contribution >= 4 is 32.7 Å². The highest BCUT2D eigenvalue weighted by Gasteiger charge is 2.15. The monoisotopic (exact) mass is 312 g/mol. The van der Waals surface area contributed by atoms with Crippen LogP contribution < -0.4 is 16.2 Å². The summed E-state index contributed by atoms with van der Waals surface area (Å²) in [6.45, 7) is 4.12. The molecule has 0 fully saturated rings. The SMILES string of the molecule is Cc1nc(CNc2cc(N)cc(S(N)(=O)=O)c2C)cs1. The summed E-state index contributed by atoms with van der Waals surface area (Å²) in [6, 6.07) is 3.05. The summed E-state index contributed by atoms with van der Waals surface area (Å²) >= 11 is 1.56. The van der Waals surface area contributed by atoms with Crippen LogP contribution in [0.5, 0.6) is 0 Å². The number of rotatable bonds is 4. The molecule has 1 aromatic heterocycles. The minimum absolute atomic E-state index is 0.0365. The Morgan fingerprint density at radius 2 is 2.05 bits per heavy atom. The predicted molar refractivity (Wildman–Crippen MR) is 81.1 cm³/mol. The molecule has 0 atom stereocenters. The quantitative estimate of drug-likeness (QED) is 0.743. The molecule has 0 aliphatic rings. The van der Waals surface area contributed by atoms with Gasteiger partial charge in [0.1, 0.15) is 0 Å². The number of sulfonamides is 1. The molecular formula is C12H16N4O2S2. The Balaban J connectivity index is 2.30. The average Bonchev–Trinajstić information content (AvgIpc) is 2.74. The largest absolute Gasteiger partial charge is 0.399 e. The van der Waals surface area contributed by atoms with Crippen LogP contribution in [-0.4, -0.2) is 13.4 Å². The van der Waals surface area contributed by atoms with Crippen molar-refractivity contribution < 1.29 is 8.42 Å². The highest BCUT2D eigenvalue weighted by molar-refractivity contribution is 7.89. The Bertz CT molecular complexity index is 738. The van der Waals surface area contributed by atoms with Gasteiger partial charge in [-0.3, -0.25) is 0 Å². The first-order valence-corrected chi connectivity index (χ1v) is 8.28. The molecule has 0 amide bonds. The lowest BCUT2D eigenvalue weighted by molar-refractivity contribution is 0.597. The molecule has 0 unspecified atom stereocenters. The van der Waals surface area contributed by atoms with Crippen LogP contribution in [0.3, 0.4) is 0 Å². The van der Waals surface area contributed by atoms with Crippen LogP contribution in [0.25, 0.3) is 0 Å². The first-order valence-electron chi connectivity index (χ1n) is 5.85. The molecule has 2 rings (SSSR count). The summed E-state index contributed by atoms with van der Waals surface area (Å²) in [5.41, 5.74) is 8.15. The number of nitrogens with one attached hydrogen (secondary N) is 1. The number of primary sulfonamides is 1. The van der Waals surface area contributed by atoms with Crippen molar-refractivity contribution in [3.63, 3.8) is 0 Å². The van der Waals surface area contributed by atoms with E-state index in [0.717, 1.165) is 10.7 Å². The van der Waals surface area contributed by atoms with Crippen molar-refractivity contribution in [2.45, 2.75) is 25.3 Å². The Hall–Kier alpha value is -1.64. The van der Waals surface area contributed by atoms with E-state index < -0.39 is 10.0 Å². The van der Waals surface area contributed by atoms with E-state index in [1.807, 2.05) is 12.3 Å². The number of nitrogens with zero attached hydrogens (tertiary/aromatic N) is 1. The molecule has 8 heteroatoms. The van der Waals surface area contributed by atoms with Gasteiger partial charge >= 0.3 is 0 Å². The van der Waals surface area contributed by atoms with E-state index in [1.165, 1.54) is 6.07 Å². The van der Waals surface area contributed by atoms with Gasteiger partial charge in [-0.15, -0.1) is 11.3 Å². The highest BCUT2D eigenvalue weighted by Crippen LogP contribution is 2.26. The first-order chi connectivity index (χ1) is 9.27. The fourth-order valence-corrected chi connectivity index (χ4v) is 3.31. The topological polar surface area (TPSA) is 111 Å². The number of nitrogen functional groups attached to an aromatic ring is 1. The summed E-state index contributed by atoms with van der Waals surface area (Å²) in [4.78, 5) is 4.37. The molecule has 0 spiro atoms. The van der Waals surface area contributed by atoms with Gasteiger partial charge in [-0.25, -0.2) is 18.5 Å². The van der Waals surface area contributed by atoms with E-state index in [2.05, 4.69) is 10.3 Å². The molecule has 0 aliphatic heterocycles. The zero-order valence-corrected chi connectivity index (χ0v) is 12.8. The minimum atomic E-state index is -3.79. The molecule has 1 heterocycles. The Kier molecular flexibility index (Phi) is 3.98. The molecule has 108 valence electrons. The summed E-state index contributed by atoms with van der Waals surface area (Å²) in [7, 11) is -3.79. The lowest BCUT2D eigenvalue weighted by atomic mass is 10.1. The van der Waals surface area contributed by atoms with Gasteiger partial charge in [0.05, 0.1) is 22.1 Å². The smallest absolute Gasteiger partial charge is 0.238 e. The molecule has 0 radical (unpaired) electrons.